The Kier molecular flexibility index (Phi) is 4.95. The maximum absolute atomic E-state index is 14.8. The minimum Gasteiger partial charge on any atom is -0.341 e. The maximum Gasteiger partial charge on any atom is 0.150 e. The Hall–Kier alpha value is -1.91. The van der Waals surface area contributed by atoms with Gasteiger partial charge in [0.1, 0.15) is 11.6 Å². The second kappa shape index (κ2) is 7.25. The minimum absolute atomic E-state index is 0.383. The molecule has 0 fully saturated rings. The lowest BCUT2D eigenvalue weighted by molar-refractivity contribution is 0.192. The van der Waals surface area contributed by atoms with E-state index in [-0.39, 0.29) is 0 Å². The fourth-order valence-electron chi connectivity index (χ4n) is 4.26. The van der Waals surface area contributed by atoms with Crippen molar-refractivity contribution < 1.29 is 8.78 Å². The summed E-state index contributed by atoms with van der Waals surface area (Å²) in [6.07, 6.45) is 1.62. The number of aromatic nitrogens is 1. The molecule has 0 aliphatic carbocycles. The van der Waals surface area contributed by atoms with Gasteiger partial charge in [0.05, 0.1) is 5.52 Å². The van der Waals surface area contributed by atoms with Crippen molar-refractivity contribution in [1.82, 2.24) is 9.47 Å². The number of aryl methyl sites for hydroxylation is 2. The zero-order valence-corrected chi connectivity index (χ0v) is 16.4. The van der Waals surface area contributed by atoms with Crippen molar-refractivity contribution in [2.75, 3.05) is 6.54 Å². The summed E-state index contributed by atoms with van der Waals surface area (Å²) in [5.74, 6) is -0.995. The molecule has 0 radical (unpaired) electrons. The van der Waals surface area contributed by atoms with Gasteiger partial charge in [-0.2, -0.15) is 0 Å². The number of likely N-dealkylation sites (N-methyl/N-ethyl adjacent to an activating group) is 1. The molecule has 3 aromatic rings. The van der Waals surface area contributed by atoms with Crippen molar-refractivity contribution in [2.24, 2.45) is 0 Å². The Labute approximate surface area is 163 Å². The summed E-state index contributed by atoms with van der Waals surface area (Å²) in [7, 11) is 0. The number of benzene rings is 2. The molecular formula is C22H23ClF2N2. The number of rotatable bonds is 4. The second-order valence-corrected chi connectivity index (χ2v) is 7.79. The predicted molar refractivity (Wildman–Crippen MR) is 106 cm³/mol. The predicted octanol–water partition coefficient (Wildman–Crippen LogP) is 5.58. The average molecular weight is 389 g/mol. The van der Waals surface area contributed by atoms with Crippen LogP contribution in [0.3, 0.4) is 0 Å². The molecule has 2 heterocycles. The highest BCUT2D eigenvalue weighted by Crippen LogP contribution is 2.35. The molecule has 142 valence electrons. The van der Waals surface area contributed by atoms with Crippen molar-refractivity contribution in [1.29, 1.82) is 0 Å². The van der Waals surface area contributed by atoms with Crippen molar-refractivity contribution in [2.45, 2.75) is 45.8 Å². The largest absolute Gasteiger partial charge is 0.341 e. The normalized spacial score (nSPS) is 17.4. The Bertz CT molecular complexity index is 978. The number of halogens is 3. The third-order valence-electron chi connectivity index (χ3n) is 5.71. The Morgan fingerprint density at radius 3 is 2.59 bits per heavy atom. The summed E-state index contributed by atoms with van der Waals surface area (Å²) in [6, 6.07) is 10.6. The van der Waals surface area contributed by atoms with Crippen LogP contribution < -0.4 is 0 Å². The molecule has 1 atom stereocenters. The molecule has 0 spiro atoms. The van der Waals surface area contributed by atoms with Gasteiger partial charge in [-0.25, -0.2) is 8.78 Å². The van der Waals surface area contributed by atoms with Crippen molar-refractivity contribution >= 4 is 22.5 Å². The van der Waals surface area contributed by atoms with Crippen LogP contribution in [0.4, 0.5) is 8.78 Å². The lowest BCUT2D eigenvalue weighted by Gasteiger charge is -2.33. The first-order valence-electron chi connectivity index (χ1n) is 9.45. The molecule has 1 aliphatic rings. The van der Waals surface area contributed by atoms with Crippen LogP contribution in [-0.4, -0.2) is 22.1 Å². The number of nitrogens with zero attached hydrogens (tertiary/aromatic N) is 2. The molecule has 1 unspecified atom stereocenters. The lowest BCUT2D eigenvalue weighted by atomic mass is 9.99. The van der Waals surface area contributed by atoms with E-state index >= 15 is 0 Å². The third-order valence-corrected chi connectivity index (χ3v) is 5.97. The molecule has 0 amide bonds. The van der Waals surface area contributed by atoms with Crippen LogP contribution in [0.25, 0.3) is 10.9 Å². The van der Waals surface area contributed by atoms with E-state index in [9.17, 15) is 8.78 Å². The molecule has 2 aromatic carbocycles. The molecule has 1 aliphatic heterocycles. The quantitative estimate of drug-likeness (QED) is 0.566. The van der Waals surface area contributed by atoms with Crippen molar-refractivity contribution in [3.63, 3.8) is 0 Å². The van der Waals surface area contributed by atoms with Gasteiger partial charge in [-0.3, -0.25) is 4.90 Å². The Morgan fingerprint density at radius 2 is 1.89 bits per heavy atom. The molecule has 0 saturated carbocycles. The fourth-order valence-corrected chi connectivity index (χ4v) is 4.39. The monoisotopic (exact) mass is 388 g/mol. The van der Waals surface area contributed by atoms with Crippen LogP contribution in [0.5, 0.6) is 0 Å². The molecule has 0 bridgehead atoms. The molecule has 2 nitrogen and oxygen atoms in total. The molecule has 27 heavy (non-hydrogen) atoms. The van der Waals surface area contributed by atoms with E-state index in [0.717, 1.165) is 48.8 Å². The van der Waals surface area contributed by atoms with Gasteiger partial charge < -0.3 is 4.57 Å². The van der Waals surface area contributed by atoms with Gasteiger partial charge in [0.25, 0.3) is 0 Å². The van der Waals surface area contributed by atoms with Crippen molar-refractivity contribution in [3.05, 3.63) is 69.9 Å². The van der Waals surface area contributed by atoms with Gasteiger partial charge in [-0.05, 0) is 49.2 Å². The Balaban J connectivity index is 1.79. The van der Waals surface area contributed by atoms with E-state index in [1.807, 2.05) is 24.3 Å². The van der Waals surface area contributed by atoms with E-state index in [1.54, 1.807) is 0 Å². The highest BCUT2D eigenvalue weighted by atomic mass is 35.5. The zero-order valence-electron chi connectivity index (χ0n) is 15.6. The highest BCUT2D eigenvalue weighted by Gasteiger charge is 2.29. The number of hydrogen-bond acceptors (Lipinski definition) is 1. The van der Waals surface area contributed by atoms with Crippen LogP contribution in [0.15, 0.2) is 36.4 Å². The summed E-state index contributed by atoms with van der Waals surface area (Å²) in [6.45, 7) is 6.65. The maximum atomic E-state index is 14.8. The summed E-state index contributed by atoms with van der Waals surface area (Å²) >= 11 is 5.97. The van der Waals surface area contributed by atoms with E-state index in [2.05, 4.69) is 23.3 Å². The van der Waals surface area contributed by atoms with Crippen LogP contribution in [0.1, 0.15) is 30.7 Å². The van der Waals surface area contributed by atoms with Crippen LogP contribution in [0, 0.1) is 11.6 Å². The standard InChI is InChI=1S/C22H23ClF2N2/c1-3-26-13-19-18-11-17(24)12-20(25)22(18)27(21(19)10-14(26)2)9-8-15-4-6-16(23)7-5-15/h4-7,11-12,14H,3,8-10,13H2,1-2H3. The van der Waals surface area contributed by atoms with E-state index in [1.165, 1.54) is 6.07 Å². The SMILES string of the molecule is CCN1Cc2c(n(CCc3ccc(Cl)cc3)c3c(F)cc(F)cc23)CC1C. The van der Waals surface area contributed by atoms with Crippen LogP contribution in [-0.2, 0) is 25.9 Å². The van der Waals surface area contributed by atoms with Crippen LogP contribution >= 0.6 is 11.6 Å². The van der Waals surface area contributed by atoms with Crippen LogP contribution in [0.2, 0.25) is 5.02 Å². The van der Waals surface area contributed by atoms with Gasteiger partial charge in [-0.15, -0.1) is 0 Å². The van der Waals surface area contributed by atoms with E-state index < -0.39 is 11.6 Å². The first kappa shape index (κ1) is 18.5. The lowest BCUT2D eigenvalue weighted by Crippen LogP contribution is -2.38. The van der Waals surface area contributed by atoms with E-state index in [4.69, 9.17) is 11.6 Å². The smallest absolute Gasteiger partial charge is 0.150 e. The number of hydrogen-bond donors (Lipinski definition) is 0. The van der Waals surface area contributed by atoms with Gasteiger partial charge in [-0.1, -0.05) is 30.7 Å². The first-order valence-corrected chi connectivity index (χ1v) is 9.83. The summed E-state index contributed by atoms with van der Waals surface area (Å²) in [4.78, 5) is 2.36. The first-order chi connectivity index (χ1) is 13.0. The molecule has 0 saturated heterocycles. The second-order valence-electron chi connectivity index (χ2n) is 7.35. The molecule has 0 N–H and O–H groups in total. The zero-order chi connectivity index (χ0) is 19.1. The van der Waals surface area contributed by atoms with Gasteiger partial charge >= 0.3 is 0 Å². The molecule has 5 heteroatoms. The number of fused-ring (bicyclic) bond motifs is 3. The van der Waals surface area contributed by atoms with Gasteiger partial charge in [0.15, 0.2) is 0 Å². The molecule has 4 rings (SSSR count). The average Bonchev–Trinajstić information content (AvgIpc) is 2.93. The highest BCUT2D eigenvalue weighted by molar-refractivity contribution is 6.30. The minimum atomic E-state index is -0.515. The summed E-state index contributed by atoms with van der Waals surface area (Å²) in [5, 5.41) is 1.42. The third kappa shape index (κ3) is 3.37. The molecule has 1 aromatic heterocycles. The summed E-state index contributed by atoms with van der Waals surface area (Å²) in [5.41, 5.74) is 3.89. The topological polar surface area (TPSA) is 8.17 Å². The van der Waals surface area contributed by atoms with Gasteiger partial charge in [0.2, 0.25) is 0 Å². The van der Waals surface area contributed by atoms with Crippen molar-refractivity contribution in [3.8, 4) is 0 Å². The summed E-state index contributed by atoms with van der Waals surface area (Å²) < 4.78 is 30.8. The van der Waals surface area contributed by atoms with Gasteiger partial charge in [0, 0.05) is 47.7 Å². The fraction of sp³-hybridized carbons (Fsp3) is 0.364. The van der Waals surface area contributed by atoms with E-state index in [0.29, 0.717) is 28.5 Å². The molecular weight excluding hydrogens is 366 g/mol. The Morgan fingerprint density at radius 1 is 1.15 bits per heavy atom.